The topological polar surface area (TPSA) is 77.8 Å². The number of phenols is 3. The van der Waals surface area contributed by atoms with Gasteiger partial charge in [0.1, 0.15) is 5.75 Å². The van der Waals surface area contributed by atoms with E-state index >= 15 is 0 Å². The maximum Gasteiger partial charge on any atom is 0.169 e. The van der Waals surface area contributed by atoms with Gasteiger partial charge in [0.15, 0.2) is 17.8 Å². The molecule has 2 aliphatic carbocycles. The van der Waals surface area contributed by atoms with Crippen LogP contribution in [0.2, 0.25) is 0 Å². The van der Waals surface area contributed by atoms with E-state index in [4.69, 9.17) is 0 Å². The molecule has 1 fully saturated rings. The summed E-state index contributed by atoms with van der Waals surface area (Å²) in [4.78, 5) is 11.9. The van der Waals surface area contributed by atoms with Crippen LogP contribution >= 0.6 is 0 Å². The Labute approximate surface area is 142 Å². The molecule has 128 valence electrons. The lowest BCUT2D eigenvalue weighted by Crippen LogP contribution is -2.36. The van der Waals surface area contributed by atoms with Gasteiger partial charge in [-0.05, 0) is 36.3 Å². The van der Waals surface area contributed by atoms with Gasteiger partial charge in [-0.2, -0.15) is 0 Å². The van der Waals surface area contributed by atoms with Gasteiger partial charge in [0.2, 0.25) is 0 Å². The summed E-state index contributed by atoms with van der Waals surface area (Å²) in [6.07, 6.45) is 3.41. The third-order valence-corrected chi connectivity index (χ3v) is 5.76. The normalized spacial score (nSPS) is 24.5. The van der Waals surface area contributed by atoms with Crippen LogP contribution in [0.3, 0.4) is 0 Å². The van der Waals surface area contributed by atoms with E-state index in [9.17, 15) is 20.1 Å². The lowest BCUT2D eigenvalue weighted by Gasteiger charge is -2.44. The molecule has 0 aliphatic heterocycles. The molecular weight excluding hydrogens is 304 g/mol. The Bertz CT molecular complexity index is 814. The predicted molar refractivity (Wildman–Crippen MR) is 94.1 cm³/mol. The van der Waals surface area contributed by atoms with Gasteiger partial charge in [-0.1, -0.05) is 33.8 Å². The largest absolute Gasteiger partial charge is 0.507 e. The van der Waals surface area contributed by atoms with Crippen molar-refractivity contribution in [2.24, 2.45) is 5.41 Å². The summed E-state index contributed by atoms with van der Waals surface area (Å²) in [7, 11) is 0. The number of carbonyl (C=O) groups is 1. The highest BCUT2D eigenvalue weighted by Crippen LogP contribution is 2.64. The monoisotopic (exact) mass is 328 g/mol. The summed E-state index contributed by atoms with van der Waals surface area (Å²) in [5.41, 5.74) is 1.93. The summed E-state index contributed by atoms with van der Waals surface area (Å²) in [5, 5.41) is 31.9. The van der Waals surface area contributed by atoms with Crippen LogP contribution < -0.4 is 0 Å². The number of aldehydes is 1. The van der Waals surface area contributed by atoms with Gasteiger partial charge in [-0.3, -0.25) is 4.79 Å². The predicted octanol–water partition coefficient (Wildman–Crippen LogP) is 4.27. The van der Waals surface area contributed by atoms with E-state index in [1.165, 1.54) is 0 Å². The standard InChI is InChI=1S/C20H24O4/c1-10(2)12-15(22)13-11(9-21)18-19(3,4)7-6-8-20(18,5)14(13)17(24)16(12)23/h9,22-24H,1,6-8H2,2-5H3. The Morgan fingerprint density at radius 1 is 1.08 bits per heavy atom. The number of aromatic hydroxyl groups is 3. The molecule has 1 saturated carbocycles. The minimum Gasteiger partial charge on any atom is -0.507 e. The molecule has 0 heterocycles. The van der Waals surface area contributed by atoms with Crippen LogP contribution in [0.1, 0.15) is 63.6 Å². The summed E-state index contributed by atoms with van der Waals surface area (Å²) in [5.74, 6) is -0.793. The average molecular weight is 328 g/mol. The molecule has 2 aliphatic rings. The lowest BCUT2D eigenvalue weighted by molar-refractivity contribution is -0.103. The van der Waals surface area contributed by atoms with Crippen LogP contribution in [0.25, 0.3) is 11.1 Å². The van der Waals surface area contributed by atoms with Crippen LogP contribution in [0.15, 0.2) is 12.2 Å². The van der Waals surface area contributed by atoms with Crippen molar-refractivity contribution < 1.29 is 20.1 Å². The summed E-state index contributed by atoms with van der Waals surface area (Å²) < 4.78 is 0. The number of benzene rings is 1. The summed E-state index contributed by atoms with van der Waals surface area (Å²) in [6.45, 7) is 11.6. The van der Waals surface area contributed by atoms with Gasteiger partial charge in [0.25, 0.3) is 0 Å². The van der Waals surface area contributed by atoms with E-state index in [1.807, 2.05) is 6.92 Å². The fourth-order valence-electron chi connectivity index (χ4n) is 4.95. The SMILES string of the molecule is C=C(C)c1c(O)c(O)c2c(c1O)C(C=O)=C1C(C)(C)CCCC12C. The van der Waals surface area contributed by atoms with Gasteiger partial charge >= 0.3 is 0 Å². The molecule has 4 nitrogen and oxygen atoms in total. The molecule has 1 unspecified atom stereocenters. The number of carbonyl (C=O) groups excluding carboxylic acids is 1. The Morgan fingerprint density at radius 2 is 1.71 bits per heavy atom. The molecule has 1 atom stereocenters. The smallest absolute Gasteiger partial charge is 0.169 e. The van der Waals surface area contributed by atoms with Crippen LogP contribution in [-0.2, 0) is 10.2 Å². The molecule has 0 radical (unpaired) electrons. The van der Waals surface area contributed by atoms with Gasteiger partial charge in [-0.25, -0.2) is 0 Å². The van der Waals surface area contributed by atoms with Gasteiger partial charge in [0, 0.05) is 22.1 Å². The second kappa shape index (κ2) is 4.88. The minimum absolute atomic E-state index is 0.103. The maximum atomic E-state index is 11.9. The second-order valence-corrected chi connectivity index (χ2v) is 7.93. The third kappa shape index (κ3) is 1.83. The molecule has 0 saturated heterocycles. The first kappa shape index (κ1) is 16.6. The van der Waals surface area contributed by atoms with E-state index < -0.39 is 5.41 Å². The number of allylic oxidation sites excluding steroid dienone is 3. The van der Waals surface area contributed by atoms with Crippen LogP contribution in [0, 0.1) is 5.41 Å². The summed E-state index contributed by atoms with van der Waals surface area (Å²) in [6, 6.07) is 0. The quantitative estimate of drug-likeness (QED) is 0.430. The molecule has 3 rings (SSSR count). The third-order valence-electron chi connectivity index (χ3n) is 5.76. The molecule has 1 aromatic rings. The Hall–Kier alpha value is -2.23. The molecule has 0 amide bonds. The molecular formula is C20H24O4. The van der Waals surface area contributed by atoms with Crippen molar-refractivity contribution in [2.75, 3.05) is 0 Å². The van der Waals surface area contributed by atoms with E-state index in [-0.39, 0.29) is 28.2 Å². The number of hydrogen-bond donors (Lipinski definition) is 3. The van der Waals surface area contributed by atoms with Crippen molar-refractivity contribution in [1.29, 1.82) is 0 Å². The molecule has 4 heteroatoms. The highest BCUT2D eigenvalue weighted by Gasteiger charge is 2.52. The first-order valence-corrected chi connectivity index (χ1v) is 8.26. The first-order valence-electron chi connectivity index (χ1n) is 8.26. The lowest BCUT2D eigenvalue weighted by atomic mass is 9.59. The van der Waals surface area contributed by atoms with Crippen molar-refractivity contribution in [1.82, 2.24) is 0 Å². The Balaban J connectivity index is 2.50. The Morgan fingerprint density at radius 3 is 2.25 bits per heavy atom. The zero-order valence-electron chi connectivity index (χ0n) is 14.7. The van der Waals surface area contributed by atoms with Crippen molar-refractivity contribution in [3.8, 4) is 17.2 Å². The minimum atomic E-state index is -0.569. The first-order chi connectivity index (χ1) is 11.1. The van der Waals surface area contributed by atoms with E-state index in [0.717, 1.165) is 31.1 Å². The van der Waals surface area contributed by atoms with Crippen molar-refractivity contribution in [3.63, 3.8) is 0 Å². The number of phenolic OH excluding ortho intramolecular Hbond substituents is 3. The fraction of sp³-hybridized carbons (Fsp3) is 0.450. The van der Waals surface area contributed by atoms with Crippen LogP contribution in [0.5, 0.6) is 17.2 Å². The second-order valence-electron chi connectivity index (χ2n) is 7.93. The summed E-state index contributed by atoms with van der Waals surface area (Å²) >= 11 is 0. The van der Waals surface area contributed by atoms with E-state index in [0.29, 0.717) is 22.3 Å². The fourth-order valence-corrected chi connectivity index (χ4v) is 4.95. The Kier molecular flexibility index (Phi) is 3.38. The van der Waals surface area contributed by atoms with E-state index in [2.05, 4.69) is 20.4 Å². The molecule has 0 aromatic heterocycles. The number of hydrogen-bond acceptors (Lipinski definition) is 4. The molecule has 1 aromatic carbocycles. The van der Waals surface area contributed by atoms with Crippen molar-refractivity contribution in [2.45, 2.75) is 52.4 Å². The number of rotatable bonds is 2. The molecule has 24 heavy (non-hydrogen) atoms. The zero-order chi connectivity index (χ0) is 18.0. The van der Waals surface area contributed by atoms with Crippen LogP contribution in [0.4, 0.5) is 0 Å². The number of fused-ring (bicyclic) bond motifs is 3. The van der Waals surface area contributed by atoms with Crippen LogP contribution in [-0.4, -0.2) is 21.6 Å². The average Bonchev–Trinajstić information content (AvgIpc) is 2.74. The molecule has 0 spiro atoms. The highest BCUT2D eigenvalue weighted by atomic mass is 16.3. The van der Waals surface area contributed by atoms with Gasteiger partial charge < -0.3 is 15.3 Å². The van der Waals surface area contributed by atoms with E-state index in [1.54, 1.807) is 6.92 Å². The molecule has 3 N–H and O–H groups in total. The van der Waals surface area contributed by atoms with Gasteiger partial charge in [0.05, 0.1) is 5.56 Å². The maximum absolute atomic E-state index is 11.9. The van der Waals surface area contributed by atoms with Crippen molar-refractivity contribution >= 4 is 17.4 Å². The molecule has 0 bridgehead atoms. The van der Waals surface area contributed by atoms with Gasteiger partial charge in [-0.15, -0.1) is 0 Å². The zero-order valence-corrected chi connectivity index (χ0v) is 14.7. The highest BCUT2D eigenvalue weighted by molar-refractivity contribution is 6.14. The van der Waals surface area contributed by atoms with Crippen molar-refractivity contribution in [3.05, 3.63) is 28.8 Å².